The lowest BCUT2D eigenvalue weighted by Crippen LogP contribution is -2.34. The van der Waals surface area contributed by atoms with Crippen LogP contribution in [0.5, 0.6) is 0 Å². The van der Waals surface area contributed by atoms with Gasteiger partial charge in [-0.25, -0.2) is 4.79 Å². The molecule has 0 saturated carbocycles. The number of benzene rings is 1. The zero-order valence-electron chi connectivity index (χ0n) is 13.2. The van der Waals surface area contributed by atoms with Crippen molar-refractivity contribution >= 4 is 16.9 Å². The zero-order chi connectivity index (χ0) is 16.1. The normalized spacial score (nSPS) is 15.7. The highest BCUT2D eigenvalue weighted by atomic mass is 16.4. The smallest absolute Gasteiger partial charge is 0.349 e. The zero-order valence-corrected chi connectivity index (χ0v) is 13.2. The summed E-state index contributed by atoms with van der Waals surface area (Å²) in [5.74, 6) is -0.358. The summed E-state index contributed by atoms with van der Waals surface area (Å²) in [6.45, 7) is 3.87. The number of para-hydroxylation sites is 1. The maximum Gasteiger partial charge on any atom is 0.349 e. The number of fused-ring (bicyclic) bond motifs is 1. The van der Waals surface area contributed by atoms with Crippen molar-refractivity contribution in [2.24, 2.45) is 0 Å². The monoisotopic (exact) mass is 314 g/mol. The van der Waals surface area contributed by atoms with E-state index < -0.39 is 5.63 Å². The summed E-state index contributed by atoms with van der Waals surface area (Å²) in [5.41, 5.74) is -0.0157. The molecule has 23 heavy (non-hydrogen) atoms. The van der Waals surface area contributed by atoms with E-state index >= 15 is 0 Å². The molecule has 3 rings (SSSR count). The summed E-state index contributed by atoms with van der Waals surface area (Å²) in [4.78, 5) is 26.5. The van der Waals surface area contributed by atoms with E-state index in [-0.39, 0.29) is 11.5 Å². The third kappa shape index (κ3) is 3.99. The van der Waals surface area contributed by atoms with Crippen LogP contribution in [-0.2, 0) is 0 Å². The molecule has 1 N–H and O–H groups in total. The Hall–Kier alpha value is -2.14. The highest BCUT2D eigenvalue weighted by Gasteiger charge is 2.14. The number of carbonyl (C=O) groups is 1. The SMILES string of the molecule is O=C(NCCCN1CCCCC1)c1cc2ccccc2oc1=O. The third-order valence-electron chi connectivity index (χ3n) is 4.27. The van der Waals surface area contributed by atoms with Crippen molar-refractivity contribution in [3.63, 3.8) is 0 Å². The van der Waals surface area contributed by atoms with Gasteiger partial charge in [0.15, 0.2) is 0 Å². The van der Waals surface area contributed by atoms with E-state index in [2.05, 4.69) is 10.2 Å². The number of nitrogens with one attached hydrogen (secondary N) is 1. The van der Waals surface area contributed by atoms with Gasteiger partial charge in [0.2, 0.25) is 0 Å². The first kappa shape index (κ1) is 15.7. The number of amides is 1. The Bertz CT molecular complexity index is 732. The van der Waals surface area contributed by atoms with Gasteiger partial charge in [-0.15, -0.1) is 0 Å². The van der Waals surface area contributed by atoms with Gasteiger partial charge in [0.1, 0.15) is 11.1 Å². The molecule has 1 amide bonds. The molecule has 1 aliphatic heterocycles. The van der Waals surface area contributed by atoms with Crippen molar-refractivity contribution in [2.45, 2.75) is 25.7 Å². The predicted molar refractivity (Wildman–Crippen MR) is 89.7 cm³/mol. The maximum absolute atomic E-state index is 12.2. The summed E-state index contributed by atoms with van der Waals surface area (Å²) in [6.07, 6.45) is 4.75. The van der Waals surface area contributed by atoms with E-state index in [9.17, 15) is 9.59 Å². The summed E-state index contributed by atoms with van der Waals surface area (Å²) >= 11 is 0. The van der Waals surface area contributed by atoms with Crippen LogP contribution in [0.4, 0.5) is 0 Å². The van der Waals surface area contributed by atoms with Gasteiger partial charge in [-0.2, -0.15) is 0 Å². The van der Waals surface area contributed by atoms with Crippen LogP contribution in [0, 0.1) is 0 Å². The number of carbonyl (C=O) groups excluding carboxylic acids is 1. The topological polar surface area (TPSA) is 62.6 Å². The van der Waals surface area contributed by atoms with Crippen LogP contribution < -0.4 is 10.9 Å². The minimum absolute atomic E-state index is 0.0710. The highest BCUT2D eigenvalue weighted by molar-refractivity contribution is 5.96. The number of piperidine rings is 1. The summed E-state index contributed by atoms with van der Waals surface area (Å²) in [7, 11) is 0. The molecule has 2 aromatic rings. The first-order valence-corrected chi connectivity index (χ1v) is 8.27. The van der Waals surface area contributed by atoms with Gasteiger partial charge < -0.3 is 14.6 Å². The summed E-state index contributed by atoms with van der Waals surface area (Å²) in [5, 5.41) is 3.57. The van der Waals surface area contributed by atoms with E-state index in [1.54, 1.807) is 18.2 Å². The average Bonchev–Trinajstić information content (AvgIpc) is 2.59. The molecule has 5 heteroatoms. The first-order valence-electron chi connectivity index (χ1n) is 8.27. The second-order valence-electron chi connectivity index (χ2n) is 6.00. The van der Waals surface area contributed by atoms with E-state index in [1.165, 1.54) is 19.3 Å². The highest BCUT2D eigenvalue weighted by Crippen LogP contribution is 2.12. The lowest BCUT2D eigenvalue weighted by Gasteiger charge is -2.26. The number of nitrogens with zero attached hydrogens (tertiary/aromatic N) is 1. The Labute approximate surface area is 135 Å². The van der Waals surface area contributed by atoms with Gasteiger partial charge in [0, 0.05) is 11.9 Å². The molecule has 1 fully saturated rings. The average molecular weight is 314 g/mol. The lowest BCUT2D eigenvalue weighted by molar-refractivity contribution is 0.0947. The molecule has 5 nitrogen and oxygen atoms in total. The largest absolute Gasteiger partial charge is 0.422 e. The molecule has 0 bridgehead atoms. The Kier molecular flexibility index (Phi) is 5.08. The molecule has 0 aliphatic carbocycles. The van der Waals surface area contributed by atoms with Crippen molar-refractivity contribution in [2.75, 3.05) is 26.2 Å². The molecule has 0 atom stereocenters. The number of hydrogen-bond acceptors (Lipinski definition) is 4. The third-order valence-corrected chi connectivity index (χ3v) is 4.27. The fraction of sp³-hybridized carbons (Fsp3) is 0.444. The Morgan fingerprint density at radius 3 is 2.78 bits per heavy atom. The lowest BCUT2D eigenvalue weighted by atomic mass is 10.1. The maximum atomic E-state index is 12.2. The fourth-order valence-corrected chi connectivity index (χ4v) is 3.00. The van der Waals surface area contributed by atoms with Crippen LogP contribution >= 0.6 is 0 Å². The van der Waals surface area contributed by atoms with Gasteiger partial charge in [0.05, 0.1) is 0 Å². The second kappa shape index (κ2) is 7.42. The second-order valence-corrected chi connectivity index (χ2v) is 6.00. The Morgan fingerprint density at radius 2 is 1.96 bits per heavy atom. The van der Waals surface area contributed by atoms with Gasteiger partial charge in [0.25, 0.3) is 5.91 Å². The molecular weight excluding hydrogens is 292 g/mol. The van der Waals surface area contributed by atoms with Gasteiger partial charge in [-0.05, 0) is 51.0 Å². The number of likely N-dealkylation sites (tertiary alicyclic amines) is 1. The molecule has 0 spiro atoms. The van der Waals surface area contributed by atoms with Gasteiger partial charge in [-0.3, -0.25) is 4.79 Å². The van der Waals surface area contributed by atoms with Crippen LogP contribution in [0.1, 0.15) is 36.0 Å². The quantitative estimate of drug-likeness (QED) is 0.680. The molecule has 2 heterocycles. The Balaban J connectivity index is 1.55. The minimum Gasteiger partial charge on any atom is -0.422 e. The molecule has 1 aromatic carbocycles. The fourth-order valence-electron chi connectivity index (χ4n) is 3.00. The van der Waals surface area contributed by atoms with Crippen LogP contribution in [0.3, 0.4) is 0 Å². The van der Waals surface area contributed by atoms with E-state index in [1.807, 2.05) is 12.1 Å². The number of hydrogen-bond donors (Lipinski definition) is 1. The van der Waals surface area contributed by atoms with E-state index in [0.29, 0.717) is 12.1 Å². The summed E-state index contributed by atoms with van der Waals surface area (Å²) in [6, 6.07) is 8.79. The van der Waals surface area contributed by atoms with Crippen molar-refractivity contribution in [1.82, 2.24) is 10.2 Å². The molecule has 122 valence electrons. The molecule has 1 saturated heterocycles. The molecule has 1 aliphatic rings. The Morgan fingerprint density at radius 1 is 1.17 bits per heavy atom. The number of rotatable bonds is 5. The molecule has 0 radical (unpaired) electrons. The van der Waals surface area contributed by atoms with Crippen LogP contribution in [-0.4, -0.2) is 37.0 Å². The van der Waals surface area contributed by atoms with Crippen LogP contribution in [0.2, 0.25) is 0 Å². The minimum atomic E-state index is -0.586. The van der Waals surface area contributed by atoms with Crippen LogP contribution in [0.15, 0.2) is 39.5 Å². The first-order chi connectivity index (χ1) is 11.2. The van der Waals surface area contributed by atoms with Gasteiger partial charge in [-0.1, -0.05) is 24.6 Å². The van der Waals surface area contributed by atoms with Crippen molar-refractivity contribution in [3.8, 4) is 0 Å². The standard InChI is InChI=1S/C18H22N2O3/c21-17(19-9-6-12-20-10-4-1-5-11-20)15-13-14-7-2-3-8-16(14)23-18(15)22/h2-3,7-8,13H,1,4-6,9-12H2,(H,19,21). The van der Waals surface area contributed by atoms with Crippen molar-refractivity contribution in [1.29, 1.82) is 0 Å². The van der Waals surface area contributed by atoms with E-state index in [0.717, 1.165) is 31.4 Å². The van der Waals surface area contributed by atoms with E-state index in [4.69, 9.17) is 4.42 Å². The van der Waals surface area contributed by atoms with Gasteiger partial charge >= 0.3 is 5.63 Å². The molecule has 0 unspecified atom stereocenters. The molecule has 1 aromatic heterocycles. The van der Waals surface area contributed by atoms with Crippen molar-refractivity contribution in [3.05, 3.63) is 46.3 Å². The molecular formula is C18H22N2O3. The van der Waals surface area contributed by atoms with Crippen LogP contribution in [0.25, 0.3) is 11.0 Å². The van der Waals surface area contributed by atoms with Crippen molar-refractivity contribution < 1.29 is 9.21 Å². The summed E-state index contributed by atoms with van der Waals surface area (Å²) < 4.78 is 5.19. The predicted octanol–water partition coefficient (Wildman–Crippen LogP) is 2.40.